The van der Waals surface area contributed by atoms with Crippen LogP contribution in [0, 0.1) is 0 Å². The second-order valence-corrected chi connectivity index (χ2v) is 4.15. The molecule has 1 fully saturated rings. The fourth-order valence-electron chi connectivity index (χ4n) is 1.23. The van der Waals surface area contributed by atoms with Gasteiger partial charge in [-0.05, 0) is 27.3 Å². The monoisotopic (exact) mass is 172 g/mol. The van der Waals surface area contributed by atoms with Crippen molar-refractivity contribution in [2.45, 2.75) is 31.9 Å². The summed E-state index contributed by atoms with van der Waals surface area (Å²) in [5.41, 5.74) is -0.414. The van der Waals surface area contributed by atoms with Crippen molar-refractivity contribution in [2.24, 2.45) is 0 Å². The molecule has 0 aromatic rings. The van der Waals surface area contributed by atoms with Crippen molar-refractivity contribution in [3.05, 3.63) is 0 Å². The lowest BCUT2D eigenvalue weighted by Crippen LogP contribution is -2.60. The minimum atomic E-state index is -0.414. The maximum absolute atomic E-state index is 9.75. The van der Waals surface area contributed by atoms with Gasteiger partial charge in [0, 0.05) is 25.7 Å². The average Bonchev–Trinajstić information content (AvgIpc) is 1.96. The first-order valence-corrected chi connectivity index (χ1v) is 4.67. The highest BCUT2D eigenvalue weighted by Gasteiger charge is 2.33. The topological polar surface area (TPSA) is 35.5 Å². The Labute approximate surface area is 74.8 Å². The van der Waals surface area contributed by atoms with Gasteiger partial charge in [-0.3, -0.25) is 0 Å². The van der Waals surface area contributed by atoms with Crippen LogP contribution in [0.4, 0.5) is 0 Å². The Morgan fingerprint density at radius 2 is 2.08 bits per heavy atom. The Kier molecular flexibility index (Phi) is 3.09. The highest BCUT2D eigenvalue weighted by molar-refractivity contribution is 4.92. The molecule has 1 rings (SSSR count). The van der Waals surface area contributed by atoms with Crippen molar-refractivity contribution in [3.63, 3.8) is 0 Å². The minimum Gasteiger partial charge on any atom is -0.387 e. The van der Waals surface area contributed by atoms with Gasteiger partial charge in [0.15, 0.2) is 0 Å². The smallest absolute Gasteiger partial charge is 0.0907 e. The molecule has 0 aromatic carbocycles. The summed E-state index contributed by atoms with van der Waals surface area (Å²) >= 11 is 0. The largest absolute Gasteiger partial charge is 0.387 e. The summed E-state index contributed by atoms with van der Waals surface area (Å²) in [7, 11) is 2.10. The molecule has 0 unspecified atom stereocenters. The van der Waals surface area contributed by atoms with E-state index in [4.69, 9.17) is 0 Å². The zero-order chi connectivity index (χ0) is 9.19. The predicted molar refractivity (Wildman–Crippen MR) is 50.2 cm³/mol. The van der Waals surface area contributed by atoms with Crippen LogP contribution in [0.5, 0.6) is 0 Å². The van der Waals surface area contributed by atoms with E-state index in [0.717, 1.165) is 26.1 Å². The molecule has 72 valence electrons. The first kappa shape index (κ1) is 9.96. The zero-order valence-electron chi connectivity index (χ0n) is 8.30. The lowest BCUT2D eigenvalue weighted by molar-refractivity contribution is -0.0242. The van der Waals surface area contributed by atoms with E-state index in [1.54, 1.807) is 0 Å². The molecule has 1 aliphatic heterocycles. The van der Waals surface area contributed by atoms with Crippen LogP contribution in [0.2, 0.25) is 0 Å². The Morgan fingerprint density at radius 1 is 1.50 bits per heavy atom. The molecule has 3 heteroatoms. The van der Waals surface area contributed by atoms with Crippen LogP contribution in [-0.4, -0.2) is 48.3 Å². The van der Waals surface area contributed by atoms with Crippen LogP contribution in [-0.2, 0) is 0 Å². The zero-order valence-corrected chi connectivity index (χ0v) is 8.30. The number of nitrogens with zero attached hydrogens (tertiary/aromatic N) is 1. The van der Waals surface area contributed by atoms with E-state index in [2.05, 4.69) is 31.1 Å². The van der Waals surface area contributed by atoms with E-state index in [0.29, 0.717) is 6.04 Å². The van der Waals surface area contributed by atoms with Crippen LogP contribution in [0.25, 0.3) is 0 Å². The Balaban J connectivity index is 2.16. The normalized spacial score (nSPS) is 21.5. The number of rotatable bonds is 4. The summed E-state index contributed by atoms with van der Waals surface area (Å²) < 4.78 is 0. The third-order valence-electron chi connectivity index (χ3n) is 2.72. The van der Waals surface area contributed by atoms with Crippen molar-refractivity contribution in [1.82, 2.24) is 10.2 Å². The molecule has 1 saturated heterocycles. The molecule has 12 heavy (non-hydrogen) atoms. The number of nitrogens with one attached hydrogen (secondary N) is 1. The average molecular weight is 172 g/mol. The van der Waals surface area contributed by atoms with Gasteiger partial charge in [0.2, 0.25) is 0 Å². The molecule has 3 nitrogen and oxygen atoms in total. The first-order valence-electron chi connectivity index (χ1n) is 4.67. The van der Waals surface area contributed by atoms with Crippen LogP contribution < -0.4 is 5.32 Å². The van der Waals surface area contributed by atoms with Gasteiger partial charge in [-0.15, -0.1) is 0 Å². The Morgan fingerprint density at radius 3 is 2.42 bits per heavy atom. The lowest BCUT2D eigenvalue weighted by Gasteiger charge is -2.39. The van der Waals surface area contributed by atoms with Gasteiger partial charge in [-0.1, -0.05) is 0 Å². The van der Waals surface area contributed by atoms with Crippen molar-refractivity contribution in [2.75, 3.05) is 26.7 Å². The van der Waals surface area contributed by atoms with E-state index in [1.807, 2.05) is 0 Å². The molecule has 2 N–H and O–H groups in total. The van der Waals surface area contributed by atoms with Crippen LogP contribution >= 0.6 is 0 Å². The van der Waals surface area contributed by atoms with Gasteiger partial charge in [-0.2, -0.15) is 0 Å². The number of β-amino-alcohol motifs (C(OH)–C–C–N with tert-alkyl or cyclic N) is 1. The maximum atomic E-state index is 9.75. The Hall–Kier alpha value is -0.120. The molecular formula is C9H20N2O. The minimum absolute atomic E-state index is 0.414. The molecule has 0 spiro atoms. The second kappa shape index (κ2) is 3.73. The van der Waals surface area contributed by atoms with Gasteiger partial charge < -0.3 is 15.3 Å². The second-order valence-electron chi connectivity index (χ2n) is 4.15. The van der Waals surface area contributed by atoms with E-state index in [-0.39, 0.29) is 0 Å². The summed E-state index contributed by atoms with van der Waals surface area (Å²) in [6.45, 7) is 6.85. The number of hydrogen-bond donors (Lipinski definition) is 2. The van der Waals surface area contributed by atoms with Gasteiger partial charge in [0.25, 0.3) is 0 Å². The summed E-state index contributed by atoms with van der Waals surface area (Å²) in [6.07, 6.45) is 0.884. The van der Waals surface area contributed by atoms with Crippen molar-refractivity contribution in [3.8, 4) is 0 Å². The van der Waals surface area contributed by atoms with Gasteiger partial charge in [-0.25, -0.2) is 0 Å². The number of hydrogen-bond acceptors (Lipinski definition) is 3. The van der Waals surface area contributed by atoms with Gasteiger partial charge in [0.1, 0.15) is 0 Å². The molecule has 0 saturated carbocycles. The van der Waals surface area contributed by atoms with E-state index < -0.39 is 5.60 Å². The van der Waals surface area contributed by atoms with Gasteiger partial charge >= 0.3 is 0 Å². The molecule has 1 heterocycles. The van der Waals surface area contributed by atoms with Crippen LogP contribution in [0.3, 0.4) is 0 Å². The third kappa shape index (κ3) is 2.44. The van der Waals surface area contributed by atoms with Crippen LogP contribution in [0.1, 0.15) is 20.3 Å². The summed E-state index contributed by atoms with van der Waals surface area (Å²) in [4.78, 5) is 2.26. The predicted octanol–water partition coefficient (Wildman–Crippen LogP) is 0.0510. The van der Waals surface area contributed by atoms with E-state index in [9.17, 15) is 5.11 Å². The molecule has 1 aliphatic rings. The molecule has 0 amide bonds. The van der Waals surface area contributed by atoms with Crippen LogP contribution in [0.15, 0.2) is 0 Å². The summed E-state index contributed by atoms with van der Waals surface area (Å²) in [6, 6.07) is 0.571. The lowest BCUT2D eigenvalue weighted by atomic mass is 9.93. The SMILES string of the molecule is CC(C)N(C)CCC1(O)CNC1. The van der Waals surface area contributed by atoms with E-state index in [1.165, 1.54) is 0 Å². The van der Waals surface area contributed by atoms with Crippen molar-refractivity contribution >= 4 is 0 Å². The molecule has 0 aliphatic carbocycles. The van der Waals surface area contributed by atoms with E-state index >= 15 is 0 Å². The Bertz CT molecular complexity index is 143. The fraction of sp³-hybridized carbons (Fsp3) is 1.00. The standard InChI is InChI=1S/C9H20N2O/c1-8(2)11(3)5-4-9(12)6-10-7-9/h8,10,12H,4-7H2,1-3H3. The fourth-order valence-corrected chi connectivity index (χ4v) is 1.23. The summed E-state index contributed by atoms with van der Waals surface area (Å²) in [5.74, 6) is 0. The molecule has 0 atom stereocenters. The third-order valence-corrected chi connectivity index (χ3v) is 2.72. The molecule has 0 aromatic heterocycles. The number of aliphatic hydroxyl groups is 1. The maximum Gasteiger partial charge on any atom is 0.0907 e. The molecule has 0 radical (unpaired) electrons. The molecule has 0 bridgehead atoms. The quantitative estimate of drug-likeness (QED) is 0.629. The van der Waals surface area contributed by atoms with Gasteiger partial charge in [0.05, 0.1) is 5.60 Å². The first-order chi connectivity index (χ1) is 5.53. The highest BCUT2D eigenvalue weighted by atomic mass is 16.3. The molecular weight excluding hydrogens is 152 g/mol. The highest BCUT2D eigenvalue weighted by Crippen LogP contribution is 2.15. The van der Waals surface area contributed by atoms with Crippen molar-refractivity contribution in [1.29, 1.82) is 0 Å². The van der Waals surface area contributed by atoms with Crippen molar-refractivity contribution < 1.29 is 5.11 Å². The summed E-state index contributed by atoms with van der Waals surface area (Å²) in [5, 5.41) is 12.8.